The van der Waals surface area contributed by atoms with E-state index in [0.717, 1.165) is 9.13 Å². The topological polar surface area (TPSA) is 109 Å². The van der Waals surface area contributed by atoms with E-state index in [4.69, 9.17) is 0 Å². The molecule has 0 spiro atoms. The monoisotopic (exact) mass is 385 g/mol. The number of hydrogen-bond donors (Lipinski definition) is 2. The normalized spacial score (nSPS) is 10.8. The van der Waals surface area contributed by atoms with E-state index < -0.39 is 21.9 Å². The quantitative estimate of drug-likeness (QED) is 0.477. The first-order chi connectivity index (χ1) is 9.49. The average Bonchev–Trinajstić information content (AvgIpc) is 2.36. The summed E-state index contributed by atoms with van der Waals surface area (Å²) in [5.74, 6) is 0. The first-order valence-corrected chi connectivity index (χ1v) is 6.50. The molecule has 0 aliphatic carbocycles. The number of nitrogens with one attached hydrogen (secondary N) is 2. The van der Waals surface area contributed by atoms with Gasteiger partial charge in [-0.1, -0.05) is 24.3 Å². The Hall–Kier alpha value is -2.23. The van der Waals surface area contributed by atoms with Gasteiger partial charge in [-0.2, -0.15) is 0 Å². The lowest BCUT2D eigenvalue weighted by molar-refractivity contribution is -0.386. The summed E-state index contributed by atoms with van der Waals surface area (Å²) in [5, 5.41) is 10.9. The standard InChI is InChI=1S/C12H8IN3O4/c13-8-4-2-1-3-7(8)5-6-9-10(16(19)20)11(17)15-12(18)14-9/h1-6H,(H2,14,15,17,18)/b6-5+. The zero-order valence-electron chi connectivity index (χ0n) is 9.92. The molecule has 0 radical (unpaired) electrons. The summed E-state index contributed by atoms with van der Waals surface area (Å²) in [7, 11) is 0. The van der Waals surface area contributed by atoms with Gasteiger partial charge in [-0.3, -0.25) is 19.9 Å². The average molecular weight is 385 g/mol. The van der Waals surface area contributed by atoms with Crippen LogP contribution in [-0.4, -0.2) is 14.9 Å². The third-order valence-electron chi connectivity index (χ3n) is 2.46. The lowest BCUT2D eigenvalue weighted by Gasteiger charge is -1.98. The van der Waals surface area contributed by atoms with Crippen LogP contribution in [0.3, 0.4) is 0 Å². The highest BCUT2D eigenvalue weighted by Crippen LogP contribution is 2.16. The molecule has 0 aliphatic rings. The van der Waals surface area contributed by atoms with Gasteiger partial charge in [0, 0.05) is 3.57 Å². The number of H-pyrrole nitrogens is 2. The van der Waals surface area contributed by atoms with Gasteiger partial charge in [0.1, 0.15) is 5.69 Å². The van der Waals surface area contributed by atoms with E-state index in [2.05, 4.69) is 27.6 Å². The molecule has 1 heterocycles. The van der Waals surface area contributed by atoms with Crippen molar-refractivity contribution in [2.24, 2.45) is 0 Å². The van der Waals surface area contributed by atoms with Crippen LogP contribution in [0.4, 0.5) is 5.69 Å². The van der Waals surface area contributed by atoms with Crippen LogP contribution in [0.1, 0.15) is 11.3 Å². The Morgan fingerprint density at radius 3 is 2.50 bits per heavy atom. The van der Waals surface area contributed by atoms with Gasteiger partial charge in [-0.25, -0.2) is 4.79 Å². The summed E-state index contributed by atoms with van der Waals surface area (Å²) in [6.45, 7) is 0. The van der Waals surface area contributed by atoms with Gasteiger partial charge in [0.15, 0.2) is 0 Å². The van der Waals surface area contributed by atoms with Gasteiger partial charge < -0.3 is 4.98 Å². The molecule has 0 fully saturated rings. The third-order valence-corrected chi connectivity index (χ3v) is 3.45. The number of benzene rings is 1. The van der Waals surface area contributed by atoms with E-state index in [0.29, 0.717) is 0 Å². The number of nitrogens with zero attached hydrogens (tertiary/aromatic N) is 1. The summed E-state index contributed by atoms with van der Waals surface area (Å²) < 4.78 is 0.941. The molecule has 2 aromatic rings. The smallest absolute Gasteiger partial charge is 0.301 e. The molecule has 2 rings (SSSR count). The van der Waals surface area contributed by atoms with Crippen molar-refractivity contribution in [2.75, 3.05) is 0 Å². The van der Waals surface area contributed by atoms with Crippen LogP contribution in [0.15, 0.2) is 33.9 Å². The summed E-state index contributed by atoms with van der Waals surface area (Å²) in [4.78, 5) is 36.7. The molecular weight excluding hydrogens is 377 g/mol. The molecule has 8 heteroatoms. The Balaban J connectivity index is 2.54. The molecule has 0 aliphatic heterocycles. The van der Waals surface area contributed by atoms with Gasteiger partial charge >= 0.3 is 16.9 Å². The fourth-order valence-corrected chi connectivity index (χ4v) is 2.15. The molecule has 7 nitrogen and oxygen atoms in total. The van der Waals surface area contributed by atoms with Crippen LogP contribution in [0, 0.1) is 13.7 Å². The number of nitro groups is 1. The maximum Gasteiger partial charge on any atom is 0.357 e. The highest BCUT2D eigenvalue weighted by molar-refractivity contribution is 14.1. The third kappa shape index (κ3) is 3.02. The van der Waals surface area contributed by atoms with Gasteiger partial charge in [0.05, 0.1) is 4.92 Å². The van der Waals surface area contributed by atoms with Crippen molar-refractivity contribution in [1.82, 2.24) is 9.97 Å². The van der Waals surface area contributed by atoms with Crippen molar-refractivity contribution in [3.63, 3.8) is 0 Å². The number of halogens is 1. The van der Waals surface area contributed by atoms with Crippen molar-refractivity contribution < 1.29 is 4.92 Å². The minimum Gasteiger partial charge on any atom is -0.301 e. The number of aromatic amines is 2. The molecule has 0 saturated heterocycles. The molecule has 1 aromatic heterocycles. The van der Waals surface area contributed by atoms with Gasteiger partial charge in [0.2, 0.25) is 0 Å². The van der Waals surface area contributed by atoms with Crippen molar-refractivity contribution in [3.8, 4) is 0 Å². The Kier molecular flexibility index (Phi) is 4.13. The Morgan fingerprint density at radius 2 is 1.85 bits per heavy atom. The van der Waals surface area contributed by atoms with Crippen LogP contribution in [0.2, 0.25) is 0 Å². The summed E-state index contributed by atoms with van der Waals surface area (Å²) in [5.41, 5.74) is -1.82. The molecule has 2 N–H and O–H groups in total. The number of hydrogen-bond acceptors (Lipinski definition) is 4. The summed E-state index contributed by atoms with van der Waals surface area (Å²) >= 11 is 2.11. The van der Waals surface area contributed by atoms with Crippen molar-refractivity contribution in [1.29, 1.82) is 0 Å². The second-order valence-electron chi connectivity index (χ2n) is 3.78. The van der Waals surface area contributed by atoms with Crippen LogP contribution < -0.4 is 11.2 Å². The van der Waals surface area contributed by atoms with Gasteiger partial charge in [0.25, 0.3) is 0 Å². The second-order valence-corrected chi connectivity index (χ2v) is 4.94. The second kappa shape index (κ2) is 5.82. The minimum absolute atomic E-state index is 0.136. The largest absolute Gasteiger partial charge is 0.357 e. The Bertz CT molecular complexity index is 807. The summed E-state index contributed by atoms with van der Waals surface area (Å²) in [6.07, 6.45) is 2.94. The Labute approximate surface area is 125 Å². The lowest BCUT2D eigenvalue weighted by atomic mass is 10.2. The maximum absolute atomic E-state index is 11.4. The van der Waals surface area contributed by atoms with E-state index in [-0.39, 0.29) is 5.69 Å². The Morgan fingerprint density at radius 1 is 1.15 bits per heavy atom. The predicted octanol–water partition coefficient (Wildman–Crippen LogP) is 1.75. The van der Waals surface area contributed by atoms with Crippen LogP contribution in [0.25, 0.3) is 12.2 Å². The first-order valence-electron chi connectivity index (χ1n) is 5.42. The molecule has 20 heavy (non-hydrogen) atoms. The zero-order chi connectivity index (χ0) is 14.7. The van der Waals surface area contributed by atoms with E-state index in [1.165, 1.54) is 6.08 Å². The van der Waals surface area contributed by atoms with Crippen LogP contribution >= 0.6 is 22.6 Å². The minimum atomic E-state index is -1.03. The predicted molar refractivity (Wildman–Crippen MR) is 82.4 cm³/mol. The highest BCUT2D eigenvalue weighted by atomic mass is 127. The van der Waals surface area contributed by atoms with Crippen molar-refractivity contribution >= 4 is 40.4 Å². The van der Waals surface area contributed by atoms with E-state index >= 15 is 0 Å². The van der Waals surface area contributed by atoms with Crippen molar-refractivity contribution in [3.05, 3.63) is 70.0 Å². The molecule has 1 aromatic carbocycles. The highest BCUT2D eigenvalue weighted by Gasteiger charge is 2.18. The van der Waals surface area contributed by atoms with E-state index in [1.807, 2.05) is 29.2 Å². The fourth-order valence-electron chi connectivity index (χ4n) is 1.58. The zero-order valence-corrected chi connectivity index (χ0v) is 12.1. The molecule has 102 valence electrons. The molecule has 0 saturated carbocycles. The molecular formula is C12H8IN3O4. The fraction of sp³-hybridized carbons (Fsp3) is 0. The number of aromatic nitrogens is 2. The maximum atomic E-state index is 11.4. The lowest BCUT2D eigenvalue weighted by Crippen LogP contribution is -2.25. The molecule has 0 bridgehead atoms. The number of rotatable bonds is 3. The van der Waals surface area contributed by atoms with Crippen molar-refractivity contribution in [2.45, 2.75) is 0 Å². The molecule has 0 atom stereocenters. The first kappa shape index (κ1) is 14.2. The van der Waals surface area contributed by atoms with Gasteiger partial charge in [-0.05, 0) is 40.3 Å². The van der Waals surface area contributed by atoms with Crippen LogP contribution in [-0.2, 0) is 0 Å². The van der Waals surface area contributed by atoms with E-state index in [1.54, 1.807) is 6.08 Å². The SMILES string of the molecule is O=c1[nH]c(/C=C/c2ccccc2I)c([N+](=O)[O-])c(=O)[nH]1. The van der Waals surface area contributed by atoms with Gasteiger partial charge in [-0.15, -0.1) is 0 Å². The molecule has 0 amide bonds. The molecule has 0 unspecified atom stereocenters. The van der Waals surface area contributed by atoms with Crippen LogP contribution in [0.5, 0.6) is 0 Å². The van der Waals surface area contributed by atoms with E-state index in [9.17, 15) is 19.7 Å². The summed E-state index contributed by atoms with van der Waals surface area (Å²) in [6, 6.07) is 7.36.